The highest BCUT2D eigenvalue weighted by atomic mass is 19.1. The quantitative estimate of drug-likeness (QED) is 0.816. The van der Waals surface area contributed by atoms with E-state index in [2.05, 4.69) is 4.74 Å². The molecule has 1 aromatic rings. The Kier molecular flexibility index (Phi) is 2.87. The first-order valence-corrected chi connectivity index (χ1v) is 5.30. The van der Waals surface area contributed by atoms with Gasteiger partial charge in [0.2, 0.25) is 0 Å². The molecule has 0 spiro atoms. The van der Waals surface area contributed by atoms with Crippen LogP contribution >= 0.6 is 0 Å². The van der Waals surface area contributed by atoms with Crippen molar-refractivity contribution in [1.29, 1.82) is 0 Å². The number of halogens is 2. The number of carbonyl (C=O) groups is 1. The van der Waals surface area contributed by atoms with Crippen molar-refractivity contribution in [3.05, 3.63) is 35.4 Å². The van der Waals surface area contributed by atoms with Gasteiger partial charge in [-0.05, 0) is 24.5 Å². The van der Waals surface area contributed by atoms with E-state index in [9.17, 15) is 13.6 Å². The van der Waals surface area contributed by atoms with Crippen molar-refractivity contribution in [3.63, 3.8) is 0 Å². The van der Waals surface area contributed by atoms with Crippen LogP contribution in [0.1, 0.15) is 18.4 Å². The minimum Gasteiger partial charge on any atom is -0.468 e. The molecule has 0 radical (unpaired) electrons. The average Bonchev–Trinajstić information content (AvgIpc) is 3.08. The highest BCUT2D eigenvalue weighted by molar-refractivity contribution is 5.78. The number of nitrogens with two attached hydrogens (primary N) is 1. The molecule has 1 fully saturated rings. The first-order chi connectivity index (χ1) is 8.01. The van der Waals surface area contributed by atoms with Gasteiger partial charge >= 0.3 is 5.97 Å². The third-order valence-electron chi connectivity index (χ3n) is 3.31. The van der Waals surface area contributed by atoms with Crippen molar-refractivity contribution < 1.29 is 18.3 Å². The highest BCUT2D eigenvalue weighted by Crippen LogP contribution is 2.51. The predicted molar refractivity (Wildman–Crippen MR) is 57.3 cm³/mol. The minimum atomic E-state index is -0.910. The molecule has 1 aliphatic carbocycles. The van der Waals surface area contributed by atoms with Crippen molar-refractivity contribution in [1.82, 2.24) is 0 Å². The van der Waals surface area contributed by atoms with Crippen LogP contribution in [0.5, 0.6) is 0 Å². The molecule has 17 heavy (non-hydrogen) atoms. The second-order valence-electron chi connectivity index (χ2n) is 4.28. The highest BCUT2D eigenvalue weighted by Gasteiger charge is 2.54. The van der Waals surface area contributed by atoms with E-state index >= 15 is 0 Å². The van der Waals surface area contributed by atoms with Crippen molar-refractivity contribution in [2.75, 3.05) is 7.11 Å². The number of carbonyl (C=O) groups excluding carboxylic acids is 1. The third-order valence-corrected chi connectivity index (χ3v) is 3.31. The number of rotatable bonds is 3. The van der Waals surface area contributed by atoms with Crippen LogP contribution in [0.4, 0.5) is 8.78 Å². The number of hydrogen-bond donors (Lipinski definition) is 1. The van der Waals surface area contributed by atoms with Gasteiger partial charge in [0.1, 0.15) is 17.7 Å². The molecule has 92 valence electrons. The maximum atomic E-state index is 13.7. The summed E-state index contributed by atoms with van der Waals surface area (Å²) >= 11 is 0. The van der Waals surface area contributed by atoms with E-state index in [4.69, 9.17) is 5.73 Å². The van der Waals surface area contributed by atoms with Gasteiger partial charge < -0.3 is 10.5 Å². The van der Waals surface area contributed by atoms with Crippen LogP contribution in [0.3, 0.4) is 0 Å². The summed E-state index contributed by atoms with van der Waals surface area (Å²) in [5.41, 5.74) is 5.33. The number of esters is 1. The number of methoxy groups -OCH3 is 1. The molecular weight excluding hydrogens is 228 g/mol. The molecule has 1 unspecified atom stereocenters. The van der Waals surface area contributed by atoms with Crippen molar-refractivity contribution in [2.24, 2.45) is 5.73 Å². The fourth-order valence-corrected chi connectivity index (χ4v) is 2.13. The van der Waals surface area contributed by atoms with E-state index in [0.717, 1.165) is 6.07 Å². The summed E-state index contributed by atoms with van der Waals surface area (Å²) in [5.74, 6) is -1.89. The largest absolute Gasteiger partial charge is 0.468 e. The SMILES string of the molecule is COC(=O)C(N)C1(c2ccc(F)cc2F)CC1. The Balaban J connectivity index is 2.36. The molecule has 1 aromatic carbocycles. The maximum Gasteiger partial charge on any atom is 0.323 e. The van der Waals surface area contributed by atoms with Gasteiger partial charge in [0, 0.05) is 11.5 Å². The fourth-order valence-electron chi connectivity index (χ4n) is 2.13. The molecule has 1 saturated carbocycles. The summed E-state index contributed by atoms with van der Waals surface area (Å²) in [7, 11) is 1.24. The molecule has 0 bridgehead atoms. The van der Waals surface area contributed by atoms with Gasteiger partial charge in [-0.15, -0.1) is 0 Å². The number of hydrogen-bond acceptors (Lipinski definition) is 3. The molecule has 0 saturated heterocycles. The normalized spacial score (nSPS) is 18.6. The molecule has 0 aliphatic heterocycles. The van der Waals surface area contributed by atoms with Crippen LogP contribution in [-0.4, -0.2) is 19.1 Å². The number of ether oxygens (including phenoxy) is 1. The minimum absolute atomic E-state index is 0.289. The van der Waals surface area contributed by atoms with Crippen LogP contribution in [0.25, 0.3) is 0 Å². The third kappa shape index (κ3) is 1.91. The lowest BCUT2D eigenvalue weighted by atomic mass is 9.88. The summed E-state index contributed by atoms with van der Waals surface area (Å²) in [6, 6.07) is 2.41. The standard InChI is InChI=1S/C12H13F2NO2/c1-17-11(16)10(15)12(4-5-12)8-3-2-7(13)6-9(8)14/h2-3,6,10H,4-5,15H2,1H3. The van der Waals surface area contributed by atoms with E-state index < -0.39 is 29.1 Å². The van der Waals surface area contributed by atoms with Gasteiger partial charge in [0.25, 0.3) is 0 Å². The molecule has 0 amide bonds. The zero-order chi connectivity index (χ0) is 12.6. The molecular formula is C12H13F2NO2. The molecule has 2 N–H and O–H groups in total. The van der Waals surface area contributed by atoms with Crippen molar-refractivity contribution in [2.45, 2.75) is 24.3 Å². The van der Waals surface area contributed by atoms with Gasteiger partial charge in [-0.2, -0.15) is 0 Å². The van der Waals surface area contributed by atoms with Crippen LogP contribution in [-0.2, 0) is 14.9 Å². The zero-order valence-corrected chi connectivity index (χ0v) is 9.37. The molecule has 2 rings (SSSR count). The van der Waals surface area contributed by atoms with Gasteiger partial charge in [-0.25, -0.2) is 8.78 Å². The lowest BCUT2D eigenvalue weighted by Gasteiger charge is -2.22. The first kappa shape index (κ1) is 12.0. The molecule has 0 heterocycles. The van der Waals surface area contributed by atoms with Gasteiger partial charge in [0.05, 0.1) is 7.11 Å². The van der Waals surface area contributed by atoms with E-state index in [0.29, 0.717) is 12.8 Å². The summed E-state index contributed by atoms with van der Waals surface area (Å²) in [6.45, 7) is 0. The van der Waals surface area contributed by atoms with E-state index in [-0.39, 0.29) is 5.56 Å². The monoisotopic (exact) mass is 241 g/mol. The average molecular weight is 241 g/mol. The van der Waals surface area contributed by atoms with Gasteiger partial charge in [0.15, 0.2) is 0 Å². The molecule has 3 nitrogen and oxygen atoms in total. The van der Waals surface area contributed by atoms with Crippen molar-refractivity contribution in [3.8, 4) is 0 Å². The lowest BCUT2D eigenvalue weighted by molar-refractivity contribution is -0.143. The Morgan fingerprint density at radius 3 is 2.59 bits per heavy atom. The van der Waals surface area contributed by atoms with E-state index in [1.54, 1.807) is 0 Å². The Morgan fingerprint density at radius 2 is 2.12 bits per heavy atom. The second kappa shape index (κ2) is 4.07. The Morgan fingerprint density at radius 1 is 1.47 bits per heavy atom. The molecule has 0 aromatic heterocycles. The molecule has 1 atom stereocenters. The van der Waals surface area contributed by atoms with Gasteiger partial charge in [-0.3, -0.25) is 4.79 Å². The van der Waals surface area contributed by atoms with Gasteiger partial charge in [-0.1, -0.05) is 6.07 Å². The van der Waals surface area contributed by atoms with E-state index in [1.807, 2.05) is 0 Å². The van der Waals surface area contributed by atoms with Crippen molar-refractivity contribution >= 4 is 5.97 Å². The Hall–Kier alpha value is -1.49. The second-order valence-corrected chi connectivity index (χ2v) is 4.28. The smallest absolute Gasteiger partial charge is 0.323 e. The summed E-state index contributed by atoms with van der Waals surface area (Å²) in [6.07, 6.45) is 1.21. The van der Waals surface area contributed by atoms with Crippen LogP contribution < -0.4 is 5.73 Å². The fraction of sp³-hybridized carbons (Fsp3) is 0.417. The topological polar surface area (TPSA) is 52.3 Å². The Labute approximate surface area is 97.6 Å². The summed E-state index contributed by atoms with van der Waals surface area (Å²) in [5, 5.41) is 0. The van der Waals surface area contributed by atoms with Crippen LogP contribution in [0.2, 0.25) is 0 Å². The van der Waals surface area contributed by atoms with Crippen LogP contribution in [0.15, 0.2) is 18.2 Å². The van der Waals surface area contributed by atoms with E-state index in [1.165, 1.54) is 19.2 Å². The predicted octanol–water partition coefficient (Wildman–Crippen LogP) is 1.50. The number of benzene rings is 1. The zero-order valence-electron chi connectivity index (χ0n) is 9.37. The van der Waals surface area contributed by atoms with Crippen LogP contribution in [0, 0.1) is 11.6 Å². The molecule has 5 heteroatoms. The Bertz CT molecular complexity index is 458. The lowest BCUT2D eigenvalue weighted by Crippen LogP contribution is -2.43. The summed E-state index contributed by atoms with van der Waals surface area (Å²) in [4.78, 5) is 11.4. The maximum absolute atomic E-state index is 13.7. The first-order valence-electron chi connectivity index (χ1n) is 5.30. The summed E-state index contributed by atoms with van der Waals surface area (Å²) < 4.78 is 31.0. The molecule has 1 aliphatic rings.